The summed E-state index contributed by atoms with van der Waals surface area (Å²) in [7, 11) is 1.60. The van der Waals surface area contributed by atoms with Crippen LogP contribution in [0.2, 0.25) is 0 Å². The van der Waals surface area contributed by atoms with Crippen LogP contribution < -0.4 is 0 Å². The number of carbonyl (C=O) groups excluding carboxylic acids is 1. The molecule has 100 valence electrons. The topological polar surface area (TPSA) is 46.5 Å². The summed E-state index contributed by atoms with van der Waals surface area (Å²) in [5.41, 5.74) is 0.474. The van der Waals surface area contributed by atoms with E-state index in [0.717, 1.165) is 6.42 Å². The molecule has 0 amide bonds. The van der Waals surface area contributed by atoms with Crippen molar-refractivity contribution in [2.24, 2.45) is 0 Å². The predicted octanol–water partition coefficient (Wildman–Crippen LogP) is 3.28. The molecule has 0 saturated heterocycles. The lowest BCUT2D eigenvalue weighted by Crippen LogP contribution is -2.34. The zero-order valence-electron chi connectivity index (χ0n) is 11.2. The van der Waals surface area contributed by atoms with Gasteiger partial charge in [-0.15, -0.1) is 0 Å². The second kappa shape index (κ2) is 5.41. The van der Waals surface area contributed by atoms with Crippen LogP contribution in [0.3, 0.4) is 0 Å². The number of ketones is 1. The largest absolute Gasteiger partial charge is 0.507 e. The Morgan fingerprint density at radius 2 is 2.05 bits per heavy atom. The highest BCUT2D eigenvalue weighted by molar-refractivity contribution is 6.05. The van der Waals surface area contributed by atoms with Crippen LogP contribution in [0.4, 0.5) is 0 Å². The van der Waals surface area contributed by atoms with E-state index in [0.29, 0.717) is 11.1 Å². The zero-order chi connectivity index (χ0) is 13.9. The van der Waals surface area contributed by atoms with Gasteiger partial charge in [0.15, 0.2) is 5.78 Å². The second-order valence-corrected chi connectivity index (χ2v) is 4.68. The van der Waals surface area contributed by atoms with Crippen molar-refractivity contribution < 1.29 is 14.6 Å². The van der Waals surface area contributed by atoms with E-state index in [9.17, 15) is 9.90 Å². The number of rotatable bonds is 3. The first-order chi connectivity index (χ1) is 9.12. The van der Waals surface area contributed by atoms with Gasteiger partial charge >= 0.3 is 0 Å². The van der Waals surface area contributed by atoms with Gasteiger partial charge in [0.1, 0.15) is 5.76 Å². The van der Waals surface area contributed by atoms with Gasteiger partial charge in [-0.05, 0) is 12.5 Å². The molecule has 0 heterocycles. The third kappa shape index (κ3) is 2.61. The maximum atomic E-state index is 12.2. The minimum atomic E-state index is -0.530. The highest BCUT2D eigenvalue weighted by Crippen LogP contribution is 2.31. The smallest absolute Gasteiger partial charge is 0.169 e. The summed E-state index contributed by atoms with van der Waals surface area (Å²) in [5, 5.41) is 10.2. The van der Waals surface area contributed by atoms with Crippen molar-refractivity contribution in [3.05, 3.63) is 53.6 Å². The zero-order valence-corrected chi connectivity index (χ0v) is 11.2. The molecule has 3 nitrogen and oxygen atoms in total. The average Bonchev–Trinajstić information content (AvgIpc) is 2.47. The Labute approximate surface area is 113 Å². The van der Waals surface area contributed by atoms with Crippen LogP contribution in [-0.4, -0.2) is 23.6 Å². The standard InChI is InChI=1S/C16H18O3/c1-3-16(19-2)10-9-13(14(17)11-16)15(18)12-7-5-4-6-8-12/h4-10,18H,3,11H2,1-2H3. The van der Waals surface area contributed by atoms with E-state index in [2.05, 4.69) is 0 Å². The first-order valence-electron chi connectivity index (χ1n) is 6.38. The fourth-order valence-corrected chi connectivity index (χ4v) is 2.24. The van der Waals surface area contributed by atoms with Crippen LogP contribution in [0, 0.1) is 0 Å². The van der Waals surface area contributed by atoms with Gasteiger partial charge < -0.3 is 9.84 Å². The monoisotopic (exact) mass is 258 g/mol. The Hall–Kier alpha value is -1.87. The molecular formula is C16H18O3. The summed E-state index contributed by atoms with van der Waals surface area (Å²) >= 11 is 0. The number of benzene rings is 1. The Morgan fingerprint density at radius 3 is 2.58 bits per heavy atom. The summed E-state index contributed by atoms with van der Waals surface area (Å²) in [6, 6.07) is 9.08. The van der Waals surface area contributed by atoms with E-state index in [1.54, 1.807) is 25.3 Å². The van der Waals surface area contributed by atoms with Crippen LogP contribution in [0.25, 0.3) is 5.76 Å². The lowest BCUT2D eigenvalue weighted by molar-refractivity contribution is -0.120. The van der Waals surface area contributed by atoms with Gasteiger partial charge in [0.05, 0.1) is 11.2 Å². The number of aliphatic hydroxyl groups excluding tert-OH is 1. The molecule has 1 aliphatic rings. The summed E-state index contributed by atoms with van der Waals surface area (Å²) in [6.07, 6.45) is 4.53. The summed E-state index contributed by atoms with van der Waals surface area (Å²) < 4.78 is 5.42. The minimum Gasteiger partial charge on any atom is -0.507 e. The first-order valence-corrected chi connectivity index (χ1v) is 6.38. The molecule has 0 saturated carbocycles. The first kappa shape index (κ1) is 13.6. The summed E-state index contributed by atoms with van der Waals surface area (Å²) in [5.74, 6) is -0.0600. The number of aliphatic hydroxyl groups is 1. The molecule has 0 fully saturated rings. The molecule has 3 heteroatoms. The number of ether oxygens (including phenoxy) is 1. The van der Waals surface area contributed by atoms with Gasteiger partial charge in [-0.2, -0.15) is 0 Å². The van der Waals surface area contributed by atoms with Crippen LogP contribution >= 0.6 is 0 Å². The average molecular weight is 258 g/mol. The number of allylic oxidation sites excluding steroid dienone is 2. The molecule has 1 aliphatic carbocycles. The molecule has 0 spiro atoms. The number of methoxy groups -OCH3 is 1. The highest BCUT2D eigenvalue weighted by Gasteiger charge is 2.33. The van der Waals surface area contributed by atoms with Crippen molar-refractivity contribution >= 4 is 11.5 Å². The van der Waals surface area contributed by atoms with Gasteiger partial charge in [-0.25, -0.2) is 0 Å². The normalized spacial score (nSPS) is 25.5. The Kier molecular flexibility index (Phi) is 3.86. The van der Waals surface area contributed by atoms with E-state index < -0.39 is 5.60 Å². The Bertz CT molecular complexity index is 522. The van der Waals surface area contributed by atoms with Gasteiger partial charge in [-0.3, -0.25) is 4.79 Å². The lowest BCUT2D eigenvalue weighted by Gasteiger charge is -2.30. The molecule has 1 N–H and O–H groups in total. The van der Waals surface area contributed by atoms with Gasteiger partial charge in [0.25, 0.3) is 0 Å². The maximum Gasteiger partial charge on any atom is 0.169 e. The molecule has 2 rings (SSSR count). The van der Waals surface area contributed by atoms with Crippen LogP contribution in [0.1, 0.15) is 25.3 Å². The van der Waals surface area contributed by atoms with E-state index in [1.165, 1.54) is 0 Å². The molecule has 1 atom stereocenters. The summed E-state index contributed by atoms with van der Waals surface area (Å²) in [4.78, 5) is 12.2. The maximum absolute atomic E-state index is 12.2. The fraction of sp³-hybridized carbons (Fsp3) is 0.312. The van der Waals surface area contributed by atoms with Gasteiger partial charge in [0.2, 0.25) is 0 Å². The van der Waals surface area contributed by atoms with Crippen LogP contribution in [0.5, 0.6) is 0 Å². The molecule has 1 aromatic carbocycles. The third-order valence-corrected chi connectivity index (χ3v) is 3.62. The Morgan fingerprint density at radius 1 is 1.37 bits per heavy atom. The van der Waals surface area contributed by atoms with Crippen molar-refractivity contribution in [2.45, 2.75) is 25.4 Å². The number of hydrogen-bond acceptors (Lipinski definition) is 3. The van der Waals surface area contributed by atoms with Crippen LogP contribution in [-0.2, 0) is 9.53 Å². The predicted molar refractivity (Wildman–Crippen MR) is 74.8 cm³/mol. The lowest BCUT2D eigenvalue weighted by atomic mass is 9.84. The van der Waals surface area contributed by atoms with Crippen molar-refractivity contribution in [3.63, 3.8) is 0 Å². The number of Topliss-reactive ketones (excluding diaryl/α,β-unsaturated/α-hetero) is 1. The molecule has 19 heavy (non-hydrogen) atoms. The van der Waals surface area contributed by atoms with E-state index in [-0.39, 0.29) is 18.0 Å². The van der Waals surface area contributed by atoms with E-state index in [1.807, 2.05) is 31.2 Å². The molecular weight excluding hydrogens is 240 g/mol. The molecule has 0 aliphatic heterocycles. The molecule has 0 bridgehead atoms. The summed E-state index contributed by atoms with van der Waals surface area (Å²) in [6.45, 7) is 1.98. The van der Waals surface area contributed by atoms with E-state index >= 15 is 0 Å². The highest BCUT2D eigenvalue weighted by atomic mass is 16.5. The quantitative estimate of drug-likeness (QED) is 0.668. The molecule has 1 aromatic rings. The number of carbonyl (C=O) groups is 1. The van der Waals surface area contributed by atoms with Crippen molar-refractivity contribution in [2.75, 3.05) is 7.11 Å². The molecule has 0 aromatic heterocycles. The van der Waals surface area contributed by atoms with Crippen molar-refractivity contribution in [3.8, 4) is 0 Å². The van der Waals surface area contributed by atoms with Crippen LogP contribution in [0.15, 0.2) is 48.1 Å². The Balaban J connectivity index is 2.40. The number of hydrogen-bond donors (Lipinski definition) is 1. The fourth-order valence-electron chi connectivity index (χ4n) is 2.24. The van der Waals surface area contributed by atoms with Crippen molar-refractivity contribution in [1.29, 1.82) is 0 Å². The van der Waals surface area contributed by atoms with Gasteiger partial charge in [-0.1, -0.05) is 43.3 Å². The van der Waals surface area contributed by atoms with Gasteiger partial charge in [0, 0.05) is 19.1 Å². The molecule has 0 radical (unpaired) electrons. The van der Waals surface area contributed by atoms with E-state index in [4.69, 9.17) is 4.74 Å². The SMILES string of the molecule is CCC1(OC)C=CC(=C(O)c2ccccc2)C(=O)C1. The minimum absolute atomic E-state index is 0.0302. The second-order valence-electron chi connectivity index (χ2n) is 4.68. The molecule has 1 unspecified atom stereocenters. The third-order valence-electron chi connectivity index (χ3n) is 3.62. The van der Waals surface area contributed by atoms with Crippen molar-refractivity contribution in [1.82, 2.24) is 0 Å².